The van der Waals surface area contributed by atoms with Crippen LogP contribution in [0.15, 0.2) is 57.8 Å². The monoisotopic (exact) mass is 312 g/mol. The van der Waals surface area contributed by atoms with E-state index in [1.54, 1.807) is 0 Å². The minimum absolute atomic E-state index is 0.0633. The van der Waals surface area contributed by atoms with E-state index in [0.29, 0.717) is 5.39 Å². The van der Waals surface area contributed by atoms with Gasteiger partial charge in [-0.3, -0.25) is 9.20 Å². The third-order valence-electron chi connectivity index (χ3n) is 3.43. The van der Waals surface area contributed by atoms with E-state index in [1.807, 2.05) is 42.5 Å². The first-order valence-electron chi connectivity index (χ1n) is 5.97. The zero-order valence-electron chi connectivity index (χ0n) is 9.85. The van der Waals surface area contributed by atoms with Crippen LogP contribution in [0.1, 0.15) is 0 Å². The molecule has 0 unspecified atom stereocenters. The van der Waals surface area contributed by atoms with E-state index in [2.05, 4.69) is 31.4 Å². The van der Waals surface area contributed by atoms with Crippen molar-refractivity contribution < 1.29 is 0 Å². The average molecular weight is 313 g/mol. The number of rotatable bonds is 0. The maximum absolute atomic E-state index is 12.1. The smallest absolute Gasteiger partial charge is 0.258 e. The maximum Gasteiger partial charge on any atom is 0.258 e. The van der Waals surface area contributed by atoms with Crippen LogP contribution in [0.4, 0.5) is 0 Å². The second-order valence-electron chi connectivity index (χ2n) is 4.49. The molecule has 1 N–H and O–H groups in total. The van der Waals surface area contributed by atoms with E-state index in [9.17, 15) is 4.79 Å². The third kappa shape index (κ3) is 1.35. The summed E-state index contributed by atoms with van der Waals surface area (Å²) in [6.45, 7) is 0. The highest BCUT2D eigenvalue weighted by Crippen LogP contribution is 2.31. The van der Waals surface area contributed by atoms with Gasteiger partial charge in [0.1, 0.15) is 5.65 Å². The quantitative estimate of drug-likeness (QED) is 0.528. The molecule has 0 saturated carbocycles. The number of H-pyrrole nitrogens is 1. The van der Waals surface area contributed by atoms with Gasteiger partial charge in [-0.25, -0.2) is 0 Å². The molecule has 0 aliphatic rings. The summed E-state index contributed by atoms with van der Waals surface area (Å²) in [6, 6.07) is 15.7. The standard InChI is InChI=1S/C15H9BrN2O/c16-13-9-5-1-3-7-11(9)18-12-8-4-2-6-10(12)15(19)17-14(13)18/h1-8H,(H,17,19). The summed E-state index contributed by atoms with van der Waals surface area (Å²) in [7, 11) is 0. The van der Waals surface area contributed by atoms with Crippen LogP contribution in [0.2, 0.25) is 0 Å². The minimum Gasteiger partial charge on any atom is -0.307 e. The van der Waals surface area contributed by atoms with Gasteiger partial charge < -0.3 is 4.98 Å². The van der Waals surface area contributed by atoms with Crippen molar-refractivity contribution >= 4 is 43.4 Å². The fourth-order valence-electron chi connectivity index (χ4n) is 2.60. The first-order valence-corrected chi connectivity index (χ1v) is 6.76. The van der Waals surface area contributed by atoms with Gasteiger partial charge in [0.15, 0.2) is 0 Å². The van der Waals surface area contributed by atoms with Crippen LogP contribution in [0, 0.1) is 0 Å². The molecule has 19 heavy (non-hydrogen) atoms. The van der Waals surface area contributed by atoms with Gasteiger partial charge in [0.25, 0.3) is 5.56 Å². The number of aromatic amines is 1. The lowest BCUT2D eigenvalue weighted by Crippen LogP contribution is -2.09. The van der Waals surface area contributed by atoms with E-state index in [0.717, 1.165) is 26.5 Å². The molecule has 4 aromatic rings. The molecular formula is C15H9BrN2O. The van der Waals surface area contributed by atoms with Crippen molar-refractivity contribution in [2.75, 3.05) is 0 Å². The summed E-state index contributed by atoms with van der Waals surface area (Å²) in [6.07, 6.45) is 0. The van der Waals surface area contributed by atoms with Crippen LogP contribution in [0.3, 0.4) is 0 Å². The minimum atomic E-state index is -0.0633. The van der Waals surface area contributed by atoms with Gasteiger partial charge in [-0.15, -0.1) is 0 Å². The van der Waals surface area contributed by atoms with Gasteiger partial charge in [-0.2, -0.15) is 0 Å². The van der Waals surface area contributed by atoms with E-state index < -0.39 is 0 Å². The molecule has 0 saturated heterocycles. The molecule has 0 radical (unpaired) electrons. The number of nitrogens with one attached hydrogen (secondary N) is 1. The molecule has 0 amide bonds. The van der Waals surface area contributed by atoms with E-state index in [1.165, 1.54) is 0 Å². The van der Waals surface area contributed by atoms with E-state index in [-0.39, 0.29) is 5.56 Å². The molecule has 0 fully saturated rings. The van der Waals surface area contributed by atoms with Gasteiger partial charge in [-0.1, -0.05) is 30.3 Å². The number of hydrogen-bond donors (Lipinski definition) is 1. The highest BCUT2D eigenvalue weighted by Gasteiger charge is 2.13. The zero-order chi connectivity index (χ0) is 13.0. The summed E-state index contributed by atoms with van der Waals surface area (Å²) in [5.74, 6) is 0. The fourth-order valence-corrected chi connectivity index (χ4v) is 3.21. The number of hydrogen-bond acceptors (Lipinski definition) is 1. The molecule has 0 spiro atoms. The Hall–Kier alpha value is -2.07. The van der Waals surface area contributed by atoms with E-state index in [4.69, 9.17) is 0 Å². The molecule has 0 atom stereocenters. The Morgan fingerprint density at radius 3 is 2.21 bits per heavy atom. The van der Waals surface area contributed by atoms with Crippen molar-refractivity contribution in [3.63, 3.8) is 0 Å². The molecule has 92 valence electrons. The summed E-state index contributed by atoms with van der Waals surface area (Å²) >= 11 is 3.58. The van der Waals surface area contributed by atoms with Crippen LogP contribution in [-0.4, -0.2) is 9.38 Å². The predicted molar refractivity (Wildman–Crippen MR) is 80.7 cm³/mol. The lowest BCUT2D eigenvalue weighted by atomic mass is 10.2. The van der Waals surface area contributed by atoms with Crippen LogP contribution in [-0.2, 0) is 0 Å². The Morgan fingerprint density at radius 1 is 0.895 bits per heavy atom. The van der Waals surface area contributed by atoms with Gasteiger partial charge in [0.2, 0.25) is 0 Å². The SMILES string of the molecule is O=c1[nH]c2c(Br)c3ccccc3n2c2ccccc12. The van der Waals surface area contributed by atoms with Crippen molar-refractivity contribution in [1.29, 1.82) is 0 Å². The lowest BCUT2D eigenvalue weighted by molar-refractivity contribution is 1.19. The molecular weight excluding hydrogens is 304 g/mol. The topological polar surface area (TPSA) is 37.3 Å². The second-order valence-corrected chi connectivity index (χ2v) is 5.28. The van der Waals surface area contributed by atoms with Crippen LogP contribution in [0.5, 0.6) is 0 Å². The number of benzene rings is 2. The third-order valence-corrected chi connectivity index (χ3v) is 4.24. The molecule has 0 bridgehead atoms. The number of halogens is 1. The van der Waals surface area contributed by atoms with Gasteiger partial charge in [-0.05, 0) is 34.1 Å². The van der Waals surface area contributed by atoms with Gasteiger partial charge in [0, 0.05) is 5.39 Å². The van der Waals surface area contributed by atoms with Gasteiger partial charge >= 0.3 is 0 Å². The van der Waals surface area contributed by atoms with Crippen molar-refractivity contribution in [1.82, 2.24) is 9.38 Å². The molecule has 4 heteroatoms. The number of nitrogens with zero attached hydrogens (tertiary/aromatic N) is 1. The number of fused-ring (bicyclic) bond motifs is 5. The Balaban J connectivity index is 2.47. The predicted octanol–water partition coefficient (Wildman–Crippen LogP) is 3.70. The lowest BCUT2D eigenvalue weighted by Gasteiger charge is -2.03. The number of aromatic nitrogens is 2. The Morgan fingerprint density at radius 2 is 1.47 bits per heavy atom. The Kier molecular flexibility index (Phi) is 2.11. The molecule has 0 aliphatic carbocycles. The average Bonchev–Trinajstić information content (AvgIpc) is 2.73. The highest BCUT2D eigenvalue weighted by atomic mass is 79.9. The van der Waals surface area contributed by atoms with Gasteiger partial charge in [0.05, 0.1) is 20.9 Å². The van der Waals surface area contributed by atoms with Crippen LogP contribution in [0.25, 0.3) is 27.5 Å². The van der Waals surface area contributed by atoms with Crippen molar-refractivity contribution in [2.45, 2.75) is 0 Å². The molecule has 0 aliphatic heterocycles. The molecule has 3 nitrogen and oxygen atoms in total. The zero-order valence-corrected chi connectivity index (χ0v) is 11.4. The van der Waals surface area contributed by atoms with E-state index >= 15 is 0 Å². The summed E-state index contributed by atoms with van der Waals surface area (Å²) in [5, 5.41) is 1.79. The summed E-state index contributed by atoms with van der Waals surface area (Å²) < 4.78 is 3.00. The maximum atomic E-state index is 12.1. The highest BCUT2D eigenvalue weighted by molar-refractivity contribution is 9.10. The second kappa shape index (κ2) is 3.71. The molecule has 2 aromatic heterocycles. The number of para-hydroxylation sites is 2. The van der Waals surface area contributed by atoms with Crippen molar-refractivity contribution in [3.8, 4) is 0 Å². The Labute approximate surface area is 116 Å². The first kappa shape index (κ1) is 10.8. The fraction of sp³-hybridized carbons (Fsp3) is 0. The summed E-state index contributed by atoms with van der Waals surface area (Å²) in [4.78, 5) is 15.1. The van der Waals surface area contributed by atoms with Crippen molar-refractivity contribution in [2.24, 2.45) is 0 Å². The molecule has 2 aromatic carbocycles. The van der Waals surface area contributed by atoms with Crippen LogP contribution < -0.4 is 5.56 Å². The normalized spacial score (nSPS) is 11.6. The molecule has 2 heterocycles. The first-order chi connectivity index (χ1) is 9.27. The van der Waals surface area contributed by atoms with Crippen LogP contribution >= 0.6 is 15.9 Å². The Bertz CT molecular complexity index is 997. The van der Waals surface area contributed by atoms with Crippen molar-refractivity contribution in [3.05, 3.63) is 63.4 Å². The largest absolute Gasteiger partial charge is 0.307 e. The molecule has 4 rings (SSSR count). The summed E-state index contributed by atoms with van der Waals surface area (Å²) in [5.41, 5.74) is 2.73.